The number of aromatic hydroxyl groups is 1. The zero-order chi connectivity index (χ0) is 24.7. The molecule has 2 heterocycles. The average Bonchev–Trinajstić information content (AvgIpc) is 3.31. The Balaban J connectivity index is 1.73. The van der Waals surface area contributed by atoms with E-state index in [9.17, 15) is 14.7 Å². The number of pyridine rings is 1. The van der Waals surface area contributed by atoms with Crippen LogP contribution in [0, 0.1) is 17.8 Å². The van der Waals surface area contributed by atoms with Crippen LogP contribution in [0.25, 0.3) is 0 Å². The number of nitrogens with one attached hydrogen (secondary N) is 1. The number of aromatic nitrogens is 1. The maximum absolute atomic E-state index is 13.0. The Kier molecular flexibility index (Phi) is 9.53. The lowest BCUT2D eigenvalue weighted by Gasteiger charge is -2.32. The lowest BCUT2D eigenvalue weighted by atomic mass is 9.87. The number of nitrogens with zero attached hydrogens (tertiary/aromatic N) is 1. The van der Waals surface area contributed by atoms with Gasteiger partial charge in [-0.1, -0.05) is 39.5 Å². The predicted molar refractivity (Wildman–Crippen MR) is 125 cm³/mol. The summed E-state index contributed by atoms with van der Waals surface area (Å²) in [5.74, 6) is -0.553. The third kappa shape index (κ3) is 6.82. The van der Waals surface area contributed by atoms with Gasteiger partial charge in [-0.2, -0.15) is 0 Å². The van der Waals surface area contributed by atoms with Gasteiger partial charge < -0.3 is 29.4 Å². The van der Waals surface area contributed by atoms with Gasteiger partial charge >= 0.3 is 5.97 Å². The van der Waals surface area contributed by atoms with Gasteiger partial charge in [-0.15, -0.1) is 0 Å². The molecular formula is C25H38N2O7. The van der Waals surface area contributed by atoms with Crippen LogP contribution >= 0.6 is 0 Å². The minimum absolute atomic E-state index is 0.0416. The Morgan fingerprint density at radius 2 is 2.03 bits per heavy atom. The Bertz CT molecular complexity index is 825. The van der Waals surface area contributed by atoms with Crippen LogP contribution < -0.4 is 10.1 Å². The van der Waals surface area contributed by atoms with Gasteiger partial charge in [0.2, 0.25) is 0 Å². The van der Waals surface area contributed by atoms with E-state index >= 15 is 0 Å². The van der Waals surface area contributed by atoms with E-state index in [1.165, 1.54) is 45.1 Å². The molecule has 3 rings (SSSR count). The summed E-state index contributed by atoms with van der Waals surface area (Å²) in [6.07, 6.45) is 6.43. The van der Waals surface area contributed by atoms with Crippen LogP contribution in [0.1, 0.15) is 63.4 Å². The van der Waals surface area contributed by atoms with Gasteiger partial charge in [0.25, 0.3) is 5.91 Å². The van der Waals surface area contributed by atoms with Crippen LogP contribution in [0.15, 0.2) is 12.3 Å². The molecule has 9 heteroatoms. The van der Waals surface area contributed by atoms with Crippen molar-refractivity contribution in [3.8, 4) is 11.5 Å². The number of amides is 1. The fourth-order valence-corrected chi connectivity index (χ4v) is 4.76. The first kappa shape index (κ1) is 26.2. The van der Waals surface area contributed by atoms with Gasteiger partial charge in [-0.3, -0.25) is 4.79 Å². The molecule has 0 aromatic carbocycles. The molecule has 1 aromatic rings. The molecule has 190 valence electrons. The second kappa shape index (κ2) is 12.4. The number of hydrogen-bond donors (Lipinski definition) is 2. The molecular weight excluding hydrogens is 440 g/mol. The van der Waals surface area contributed by atoms with Crippen molar-refractivity contribution in [3.05, 3.63) is 18.0 Å². The van der Waals surface area contributed by atoms with E-state index in [-0.39, 0.29) is 30.1 Å². The number of carbonyl (C=O) groups is 2. The molecule has 1 aliphatic carbocycles. The van der Waals surface area contributed by atoms with Crippen LogP contribution in [0.4, 0.5) is 0 Å². The summed E-state index contributed by atoms with van der Waals surface area (Å²) in [6, 6.07) is 0.394. The maximum atomic E-state index is 13.0. The van der Waals surface area contributed by atoms with E-state index in [1.807, 2.05) is 6.92 Å². The van der Waals surface area contributed by atoms with Crippen LogP contribution in [0.3, 0.4) is 0 Å². The molecule has 4 unspecified atom stereocenters. The van der Waals surface area contributed by atoms with E-state index in [0.717, 1.165) is 6.42 Å². The van der Waals surface area contributed by atoms with Gasteiger partial charge in [0.05, 0.1) is 26.4 Å². The number of esters is 1. The molecule has 2 N–H and O–H groups in total. The van der Waals surface area contributed by atoms with Crippen molar-refractivity contribution in [1.82, 2.24) is 10.3 Å². The summed E-state index contributed by atoms with van der Waals surface area (Å²) < 4.78 is 23.0. The van der Waals surface area contributed by atoms with Crippen LogP contribution in [-0.2, 0) is 19.0 Å². The first-order valence-corrected chi connectivity index (χ1v) is 12.2. The number of cyclic esters (lactones) is 1. The van der Waals surface area contributed by atoms with Crippen molar-refractivity contribution >= 4 is 11.9 Å². The average molecular weight is 479 g/mol. The standard InChI is InChI=1S/C25H38N2O7/c1-15(2)12-33-23-16(3)34-25(30)19(14-32-13-18(23)11-17-7-5-6-8-17)27-24(29)21-22(28)20(31-4)9-10-26-21/h9-10,15-19,23,28H,5-8,11-14H2,1-4H3,(H,27,29). The SMILES string of the molecule is COc1ccnc(C(=O)NC2COCC(CC3CCCC3)C(OCC(C)C)C(C)OC2=O)c1O. The molecule has 2 aliphatic rings. The monoisotopic (exact) mass is 478 g/mol. The molecule has 1 aromatic heterocycles. The molecule has 0 bridgehead atoms. The largest absolute Gasteiger partial charge is 0.503 e. The van der Waals surface area contributed by atoms with Gasteiger partial charge in [0.1, 0.15) is 6.10 Å². The van der Waals surface area contributed by atoms with Crippen LogP contribution in [0.2, 0.25) is 0 Å². The van der Waals surface area contributed by atoms with Crippen molar-refractivity contribution in [3.63, 3.8) is 0 Å². The molecule has 4 atom stereocenters. The van der Waals surface area contributed by atoms with Crippen molar-refractivity contribution in [2.75, 3.05) is 26.9 Å². The van der Waals surface area contributed by atoms with Crippen molar-refractivity contribution in [1.29, 1.82) is 0 Å². The zero-order valence-corrected chi connectivity index (χ0v) is 20.6. The Morgan fingerprint density at radius 3 is 2.71 bits per heavy atom. The normalized spacial score (nSPS) is 26.4. The topological polar surface area (TPSA) is 116 Å². The minimum Gasteiger partial charge on any atom is -0.503 e. The number of hydrogen-bond acceptors (Lipinski definition) is 8. The Hall–Kier alpha value is -2.39. The fraction of sp³-hybridized carbons (Fsp3) is 0.720. The second-order valence-corrected chi connectivity index (χ2v) is 9.75. The predicted octanol–water partition coefficient (Wildman–Crippen LogP) is 3.09. The summed E-state index contributed by atoms with van der Waals surface area (Å²) in [6.45, 7) is 6.94. The highest BCUT2D eigenvalue weighted by molar-refractivity contribution is 5.98. The molecule has 34 heavy (non-hydrogen) atoms. The Morgan fingerprint density at radius 1 is 1.29 bits per heavy atom. The number of ether oxygens (including phenoxy) is 4. The first-order chi connectivity index (χ1) is 16.3. The van der Waals surface area contributed by atoms with E-state index in [1.54, 1.807) is 0 Å². The minimum atomic E-state index is -1.04. The van der Waals surface area contributed by atoms with Crippen LogP contribution in [-0.4, -0.2) is 67.1 Å². The lowest BCUT2D eigenvalue weighted by molar-refractivity contribution is -0.161. The van der Waals surface area contributed by atoms with Crippen molar-refractivity contribution in [2.24, 2.45) is 17.8 Å². The second-order valence-electron chi connectivity index (χ2n) is 9.75. The highest BCUT2D eigenvalue weighted by atomic mass is 16.6. The van der Waals surface area contributed by atoms with Crippen molar-refractivity contribution < 1.29 is 33.6 Å². The third-order valence-corrected chi connectivity index (χ3v) is 6.49. The van der Waals surface area contributed by atoms with E-state index < -0.39 is 29.8 Å². The molecule has 1 amide bonds. The highest BCUT2D eigenvalue weighted by Crippen LogP contribution is 2.34. The van der Waals surface area contributed by atoms with Crippen molar-refractivity contribution in [2.45, 2.75) is 71.1 Å². The molecule has 0 spiro atoms. The summed E-state index contributed by atoms with van der Waals surface area (Å²) in [7, 11) is 1.38. The molecule has 1 saturated heterocycles. The zero-order valence-electron chi connectivity index (χ0n) is 20.6. The molecule has 9 nitrogen and oxygen atoms in total. The number of methoxy groups -OCH3 is 1. The molecule has 1 aliphatic heterocycles. The number of carbonyl (C=O) groups excluding carboxylic acids is 2. The smallest absolute Gasteiger partial charge is 0.331 e. The van der Waals surface area contributed by atoms with E-state index in [4.69, 9.17) is 18.9 Å². The summed E-state index contributed by atoms with van der Waals surface area (Å²) in [4.78, 5) is 29.7. The van der Waals surface area contributed by atoms with Gasteiger partial charge in [-0.25, -0.2) is 9.78 Å². The molecule has 1 saturated carbocycles. The van der Waals surface area contributed by atoms with Gasteiger partial charge in [0, 0.05) is 24.8 Å². The maximum Gasteiger partial charge on any atom is 0.331 e. The van der Waals surface area contributed by atoms with E-state index in [2.05, 4.69) is 24.1 Å². The molecule has 0 radical (unpaired) electrons. The van der Waals surface area contributed by atoms with Gasteiger partial charge in [-0.05, 0) is 25.2 Å². The third-order valence-electron chi connectivity index (χ3n) is 6.49. The molecule has 2 fully saturated rings. The summed E-state index contributed by atoms with van der Waals surface area (Å²) in [5, 5.41) is 12.8. The fourth-order valence-electron chi connectivity index (χ4n) is 4.76. The Labute approximate surface area is 201 Å². The van der Waals surface area contributed by atoms with E-state index in [0.29, 0.717) is 25.0 Å². The highest BCUT2D eigenvalue weighted by Gasteiger charge is 2.37. The lowest BCUT2D eigenvalue weighted by Crippen LogP contribution is -2.46. The quantitative estimate of drug-likeness (QED) is 0.548. The van der Waals surface area contributed by atoms with Crippen LogP contribution in [0.5, 0.6) is 11.5 Å². The number of rotatable bonds is 8. The first-order valence-electron chi connectivity index (χ1n) is 12.2. The summed E-state index contributed by atoms with van der Waals surface area (Å²) >= 11 is 0. The summed E-state index contributed by atoms with van der Waals surface area (Å²) in [5.41, 5.74) is -0.239. The van der Waals surface area contributed by atoms with Gasteiger partial charge in [0.15, 0.2) is 23.2 Å².